The molecule has 6 unspecified atom stereocenters. The smallest absolute Gasteiger partial charge is 0.155 e. The Bertz CT molecular complexity index is 1850. The fourth-order valence-corrected chi connectivity index (χ4v) is 8.15. The topological polar surface area (TPSA) is 62.8 Å². The quantitative estimate of drug-likeness (QED) is 0.249. The Hall–Kier alpha value is -4.03. The second kappa shape index (κ2) is 14.2. The minimum Gasteiger partial charge on any atom is -0.316 e. The minimum atomic E-state index is -0.0735. The third-order valence-corrected chi connectivity index (χ3v) is 11.0. The normalized spacial score (nSPS) is 24.9. The van der Waals surface area contributed by atoms with E-state index in [1.54, 1.807) is 11.8 Å². The zero-order valence-electron chi connectivity index (χ0n) is 26.4. The summed E-state index contributed by atoms with van der Waals surface area (Å²) >= 11 is 1.79. The van der Waals surface area contributed by atoms with Crippen molar-refractivity contribution in [2.24, 2.45) is 33.5 Å². The maximum atomic E-state index is 6.60. The van der Waals surface area contributed by atoms with Gasteiger partial charge in [0.2, 0.25) is 0 Å². The predicted molar refractivity (Wildman–Crippen MR) is 196 cm³/mol. The average molecular weight is 623 g/mol. The molecule has 0 bridgehead atoms. The number of nitrogens with zero attached hydrogens (tertiary/aromatic N) is 2. The predicted octanol–water partition coefficient (Wildman–Crippen LogP) is 7.17. The molecule has 232 valence electrons. The van der Waals surface area contributed by atoms with Crippen molar-refractivity contribution < 1.29 is 0 Å². The van der Waals surface area contributed by atoms with Crippen LogP contribution >= 0.6 is 11.8 Å². The van der Waals surface area contributed by atoms with Crippen molar-refractivity contribution in [3.8, 4) is 0 Å². The van der Waals surface area contributed by atoms with Gasteiger partial charge in [-0.2, -0.15) is 0 Å². The fraction of sp³-hybridized carbons (Fsp3) is 0.268. The molecular weight excluding hydrogens is 581 g/mol. The zero-order chi connectivity index (χ0) is 31.3. The third-order valence-electron chi connectivity index (χ3n) is 9.58. The second-order valence-electron chi connectivity index (χ2n) is 12.6. The molecule has 4 aliphatic rings. The van der Waals surface area contributed by atoms with Gasteiger partial charge >= 0.3 is 0 Å². The summed E-state index contributed by atoms with van der Waals surface area (Å²) in [6.07, 6.45) is 24.6. The number of nitrogens with two attached hydrogens (primary N) is 1. The van der Waals surface area contributed by atoms with E-state index in [4.69, 9.17) is 15.7 Å². The molecule has 0 spiro atoms. The summed E-state index contributed by atoms with van der Waals surface area (Å²) in [5.74, 6) is 2.22. The van der Waals surface area contributed by atoms with Crippen LogP contribution in [0.25, 0.3) is 12.2 Å². The molecule has 0 radical (unpaired) electrons. The van der Waals surface area contributed by atoms with Crippen LogP contribution in [0.2, 0.25) is 0 Å². The maximum absolute atomic E-state index is 6.60. The lowest BCUT2D eigenvalue weighted by Gasteiger charge is -2.29. The number of hydrogen-bond donors (Lipinski definition) is 2. The molecule has 6 atom stereocenters. The van der Waals surface area contributed by atoms with Crippen molar-refractivity contribution in [3.05, 3.63) is 154 Å². The zero-order valence-corrected chi connectivity index (χ0v) is 27.2. The van der Waals surface area contributed by atoms with Crippen LogP contribution in [-0.2, 0) is 0 Å². The number of thioether (sulfide) groups is 1. The number of amidine groups is 1. The lowest BCUT2D eigenvalue weighted by Crippen LogP contribution is -2.37. The largest absolute Gasteiger partial charge is 0.316 e. The first-order chi connectivity index (χ1) is 22.6. The Morgan fingerprint density at radius 1 is 0.848 bits per heavy atom. The van der Waals surface area contributed by atoms with Crippen molar-refractivity contribution >= 4 is 35.5 Å². The van der Waals surface area contributed by atoms with Crippen molar-refractivity contribution in [1.82, 2.24) is 5.32 Å². The van der Waals surface area contributed by atoms with Gasteiger partial charge < -0.3 is 11.1 Å². The Morgan fingerprint density at radius 2 is 1.65 bits per heavy atom. The molecule has 3 aliphatic carbocycles. The molecule has 4 nitrogen and oxygen atoms in total. The van der Waals surface area contributed by atoms with Gasteiger partial charge in [0.05, 0.1) is 16.8 Å². The molecule has 3 N–H and O–H groups in total. The van der Waals surface area contributed by atoms with E-state index in [2.05, 4.69) is 133 Å². The van der Waals surface area contributed by atoms with Crippen LogP contribution in [0.5, 0.6) is 0 Å². The Labute approximate surface area is 277 Å². The molecule has 0 amide bonds. The summed E-state index contributed by atoms with van der Waals surface area (Å²) in [5, 5.41) is 6.25. The van der Waals surface area contributed by atoms with Gasteiger partial charge in [-0.25, -0.2) is 4.99 Å². The summed E-state index contributed by atoms with van der Waals surface area (Å²) in [6.45, 7) is 0. The van der Waals surface area contributed by atoms with E-state index in [0.29, 0.717) is 17.8 Å². The maximum Gasteiger partial charge on any atom is 0.155 e. The van der Waals surface area contributed by atoms with E-state index in [0.717, 1.165) is 42.6 Å². The molecule has 1 aliphatic heterocycles. The van der Waals surface area contributed by atoms with Crippen LogP contribution in [-0.4, -0.2) is 24.0 Å². The average Bonchev–Trinajstić information content (AvgIpc) is 3.14. The molecule has 5 heteroatoms. The van der Waals surface area contributed by atoms with E-state index in [1.807, 2.05) is 13.1 Å². The van der Waals surface area contributed by atoms with Crippen LogP contribution in [0.3, 0.4) is 0 Å². The summed E-state index contributed by atoms with van der Waals surface area (Å²) in [4.78, 5) is 10.5. The van der Waals surface area contributed by atoms with Crippen LogP contribution in [0.1, 0.15) is 53.8 Å². The van der Waals surface area contributed by atoms with Crippen LogP contribution in [0.15, 0.2) is 137 Å². The number of allylic oxidation sites excluding steroid dienone is 8. The Morgan fingerprint density at radius 3 is 2.43 bits per heavy atom. The number of aliphatic imine (C=N–C) groups is 2. The fourth-order valence-electron chi connectivity index (χ4n) is 6.99. The number of fused-ring (bicyclic) bond motifs is 1. The van der Waals surface area contributed by atoms with E-state index in [-0.39, 0.29) is 16.8 Å². The highest BCUT2D eigenvalue weighted by atomic mass is 32.2. The van der Waals surface area contributed by atoms with Crippen molar-refractivity contribution in [3.63, 3.8) is 0 Å². The summed E-state index contributed by atoms with van der Waals surface area (Å²) in [5.41, 5.74) is 12.6. The molecule has 3 aromatic carbocycles. The van der Waals surface area contributed by atoms with Gasteiger partial charge in [-0.05, 0) is 71.3 Å². The highest BCUT2D eigenvalue weighted by molar-refractivity contribution is 8.00. The monoisotopic (exact) mass is 622 g/mol. The van der Waals surface area contributed by atoms with Crippen LogP contribution in [0, 0.1) is 17.8 Å². The number of rotatable bonds is 9. The number of nitrogens with one attached hydrogen (secondary N) is 1. The number of benzene rings is 3. The lowest BCUT2D eigenvalue weighted by atomic mass is 9.78. The molecule has 3 aromatic rings. The Kier molecular flexibility index (Phi) is 9.43. The van der Waals surface area contributed by atoms with Gasteiger partial charge in [-0.1, -0.05) is 127 Å². The van der Waals surface area contributed by atoms with Gasteiger partial charge in [-0.15, -0.1) is 11.8 Å². The summed E-state index contributed by atoms with van der Waals surface area (Å²) in [7, 11) is 2.04. The molecule has 0 aromatic heterocycles. The lowest BCUT2D eigenvalue weighted by molar-refractivity contribution is 0.472. The third kappa shape index (κ3) is 6.87. The van der Waals surface area contributed by atoms with E-state index >= 15 is 0 Å². The molecule has 0 fully saturated rings. The second-order valence-corrected chi connectivity index (χ2v) is 13.9. The van der Waals surface area contributed by atoms with Gasteiger partial charge in [0.25, 0.3) is 0 Å². The number of hydrogen-bond acceptors (Lipinski definition) is 5. The SMILES string of the molecule is CNC(SC(N)c1ccccc1)C1C=c2ccc(C3CC(C4=CC=CC(C5C=CC=CC5)C4)=NC(c4ccccc4)=N3)cc2=CC1. The molecule has 46 heavy (non-hydrogen) atoms. The highest BCUT2D eigenvalue weighted by Gasteiger charge is 2.28. The summed E-state index contributed by atoms with van der Waals surface area (Å²) < 4.78 is 0. The van der Waals surface area contributed by atoms with Crippen molar-refractivity contribution in [1.29, 1.82) is 0 Å². The van der Waals surface area contributed by atoms with E-state index < -0.39 is 0 Å². The first-order valence-corrected chi connectivity index (χ1v) is 17.5. The highest BCUT2D eigenvalue weighted by Crippen LogP contribution is 2.36. The van der Waals surface area contributed by atoms with Gasteiger partial charge in [-0.3, -0.25) is 4.99 Å². The minimum absolute atomic E-state index is 0.0198. The van der Waals surface area contributed by atoms with Gasteiger partial charge in [0.1, 0.15) is 0 Å². The first kappa shape index (κ1) is 30.6. The molecule has 0 saturated carbocycles. The van der Waals surface area contributed by atoms with Crippen LogP contribution < -0.4 is 21.5 Å². The van der Waals surface area contributed by atoms with Crippen molar-refractivity contribution in [2.75, 3.05) is 7.05 Å². The van der Waals surface area contributed by atoms with Gasteiger partial charge in [0.15, 0.2) is 5.84 Å². The van der Waals surface area contributed by atoms with Gasteiger partial charge in [0, 0.05) is 23.6 Å². The standard InChI is InChI=1S/C41H42N4S/c1-43-41(46-39(42)29-14-7-3-8-15-29)36-23-21-32-25-35(22-20-33(32)26-36)38-27-37(44-40(45-38)30-16-9-4-10-17-30)34-19-11-18-31(24-34)28-12-5-2-6-13-28/h2-12,14-22,25-26,28,31,36,38-39,41,43H,13,23-24,27,42H2,1H3. The molecular formula is C41H42N4S. The molecule has 1 heterocycles. The Balaban J connectivity index is 1.14. The van der Waals surface area contributed by atoms with Crippen molar-refractivity contribution in [2.45, 2.75) is 42.5 Å². The van der Waals surface area contributed by atoms with Crippen LogP contribution in [0.4, 0.5) is 0 Å². The van der Waals surface area contributed by atoms with E-state index in [1.165, 1.54) is 27.3 Å². The molecule has 7 rings (SSSR count). The first-order valence-electron chi connectivity index (χ1n) is 16.5. The molecule has 0 saturated heterocycles. The summed E-state index contributed by atoms with van der Waals surface area (Å²) in [6, 6.07) is 27.7. The van der Waals surface area contributed by atoms with E-state index in [9.17, 15) is 0 Å².